The number of carbonyl (C=O) groups is 1. The van der Waals surface area contributed by atoms with Crippen molar-refractivity contribution in [2.45, 2.75) is 71.5 Å². The van der Waals surface area contributed by atoms with Crippen molar-refractivity contribution in [2.24, 2.45) is 0 Å². The Kier molecular flexibility index (Phi) is 10.8. The van der Waals surface area contributed by atoms with Crippen LogP contribution in [0.25, 0.3) is 0 Å². The topological polar surface area (TPSA) is 35.5 Å². The molecule has 0 saturated carbocycles. The van der Waals surface area contributed by atoms with Gasteiger partial charge in [-0.15, -0.1) is 0 Å². The van der Waals surface area contributed by atoms with E-state index in [1.54, 1.807) is 14.0 Å². The molecular weight excluding hydrogens is 228 g/mol. The van der Waals surface area contributed by atoms with Crippen LogP contribution in [0.5, 0.6) is 0 Å². The van der Waals surface area contributed by atoms with E-state index in [-0.39, 0.29) is 5.97 Å². The van der Waals surface area contributed by atoms with Gasteiger partial charge in [0.25, 0.3) is 0 Å². The van der Waals surface area contributed by atoms with Crippen molar-refractivity contribution >= 4 is 5.97 Å². The summed E-state index contributed by atoms with van der Waals surface area (Å²) in [6.07, 6.45) is 9.05. The fourth-order valence-corrected chi connectivity index (χ4v) is 1.71. The van der Waals surface area contributed by atoms with Gasteiger partial charge in [0.2, 0.25) is 6.29 Å². The summed E-state index contributed by atoms with van der Waals surface area (Å²) in [5.74, 6) is -0.371. The van der Waals surface area contributed by atoms with Crippen LogP contribution in [0.2, 0.25) is 0 Å². The summed E-state index contributed by atoms with van der Waals surface area (Å²) in [5.41, 5.74) is 0.414. The van der Waals surface area contributed by atoms with E-state index in [1.807, 2.05) is 0 Å². The molecule has 0 saturated heterocycles. The van der Waals surface area contributed by atoms with E-state index in [2.05, 4.69) is 13.5 Å². The number of carbonyl (C=O) groups excluding carboxylic acids is 1. The average Bonchev–Trinajstić information content (AvgIpc) is 2.35. The van der Waals surface area contributed by atoms with Gasteiger partial charge in [-0.2, -0.15) is 0 Å². The van der Waals surface area contributed by atoms with E-state index in [0.717, 1.165) is 12.8 Å². The second-order valence-corrected chi connectivity index (χ2v) is 4.76. The van der Waals surface area contributed by atoms with Gasteiger partial charge in [-0.25, -0.2) is 4.79 Å². The molecule has 3 heteroatoms. The molecule has 0 aliphatic heterocycles. The second-order valence-electron chi connectivity index (χ2n) is 4.76. The van der Waals surface area contributed by atoms with Crippen LogP contribution in [0.4, 0.5) is 0 Å². The van der Waals surface area contributed by atoms with Crippen LogP contribution in [0.3, 0.4) is 0 Å². The molecule has 0 aliphatic carbocycles. The number of ether oxygens (including phenoxy) is 2. The largest absolute Gasteiger partial charge is 0.432 e. The first-order valence-electron chi connectivity index (χ1n) is 7.01. The fraction of sp³-hybridized carbons (Fsp3) is 0.800. The number of hydrogen-bond donors (Lipinski definition) is 0. The minimum Gasteiger partial charge on any atom is -0.432 e. The number of hydrogen-bond acceptors (Lipinski definition) is 3. The molecule has 0 N–H and O–H groups in total. The molecule has 0 rings (SSSR count). The van der Waals surface area contributed by atoms with Crippen LogP contribution < -0.4 is 0 Å². The molecule has 106 valence electrons. The van der Waals surface area contributed by atoms with E-state index in [1.165, 1.54) is 38.5 Å². The van der Waals surface area contributed by atoms with Crippen molar-refractivity contribution in [1.82, 2.24) is 0 Å². The zero-order valence-corrected chi connectivity index (χ0v) is 12.2. The Labute approximate surface area is 112 Å². The van der Waals surface area contributed by atoms with Gasteiger partial charge in [-0.3, -0.25) is 0 Å². The average molecular weight is 256 g/mol. The molecule has 1 atom stereocenters. The molecule has 0 aromatic carbocycles. The van der Waals surface area contributed by atoms with Crippen LogP contribution >= 0.6 is 0 Å². The molecular formula is C15H28O3. The lowest BCUT2D eigenvalue weighted by molar-refractivity contribution is -0.169. The lowest BCUT2D eigenvalue weighted by atomic mass is 10.1. The first-order valence-corrected chi connectivity index (χ1v) is 7.01. The second kappa shape index (κ2) is 11.3. The number of methoxy groups -OCH3 is 1. The molecule has 0 heterocycles. The predicted octanol–water partition coefficient (Wildman–Crippen LogP) is 4.22. The normalized spacial score (nSPS) is 12.2. The van der Waals surface area contributed by atoms with E-state index >= 15 is 0 Å². The van der Waals surface area contributed by atoms with Gasteiger partial charge in [-0.05, 0) is 13.3 Å². The van der Waals surface area contributed by atoms with E-state index in [4.69, 9.17) is 9.47 Å². The van der Waals surface area contributed by atoms with Crippen LogP contribution in [-0.2, 0) is 14.3 Å². The van der Waals surface area contributed by atoms with Crippen LogP contribution in [0.1, 0.15) is 65.2 Å². The lowest BCUT2D eigenvalue weighted by Crippen LogP contribution is -2.20. The molecule has 0 bridgehead atoms. The van der Waals surface area contributed by atoms with Crippen molar-refractivity contribution in [3.63, 3.8) is 0 Å². The first-order chi connectivity index (χ1) is 8.61. The number of rotatable bonds is 11. The molecule has 1 unspecified atom stereocenters. The smallest absolute Gasteiger partial charge is 0.335 e. The SMILES string of the molecule is C=C(C)C(=O)OC(CCCCCCCCC)OC. The first kappa shape index (κ1) is 17.2. The van der Waals surface area contributed by atoms with Crippen LogP contribution in [0, 0.1) is 0 Å². The summed E-state index contributed by atoms with van der Waals surface area (Å²) in [4.78, 5) is 11.3. The van der Waals surface area contributed by atoms with E-state index in [0.29, 0.717) is 5.57 Å². The molecule has 3 nitrogen and oxygen atoms in total. The maximum Gasteiger partial charge on any atom is 0.335 e. The minimum absolute atomic E-state index is 0.371. The minimum atomic E-state index is -0.426. The highest BCUT2D eigenvalue weighted by Gasteiger charge is 2.13. The highest BCUT2D eigenvalue weighted by molar-refractivity contribution is 5.86. The summed E-state index contributed by atoms with van der Waals surface area (Å²) >= 11 is 0. The molecule has 0 aromatic rings. The number of esters is 1. The van der Waals surface area contributed by atoms with Crippen LogP contribution in [-0.4, -0.2) is 19.4 Å². The standard InChI is InChI=1S/C15H28O3/c1-5-6-7-8-9-10-11-12-14(17-4)18-15(16)13(2)3/h14H,2,5-12H2,1,3-4H3. The maximum atomic E-state index is 11.3. The molecule has 0 radical (unpaired) electrons. The third-order valence-corrected chi connectivity index (χ3v) is 2.89. The Morgan fingerprint density at radius 2 is 1.67 bits per heavy atom. The molecule has 0 spiro atoms. The Morgan fingerprint density at radius 3 is 2.17 bits per heavy atom. The van der Waals surface area contributed by atoms with E-state index < -0.39 is 6.29 Å². The predicted molar refractivity (Wildman–Crippen MR) is 74.3 cm³/mol. The lowest BCUT2D eigenvalue weighted by Gasteiger charge is -2.15. The summed E-state index contributed by atoms with van der Waals surface area (Å²) < 4.78 is 10.3. The molecule has 0 amide bonds. The molecule has 0 fully saturated rings. The van der Waals surface area contributed by atoms with Crippen molar-refractivity contribution in [3.05, 3.63) is 12.2 Å². The number of unbranched alkanes of at least 4 members (excludes halogenated alkanes) is 6. The third kappa shape index (κ3) is 9.23. The van der Waals surface area contributed by atoms with Crippen molar-refractivity contribution in [1.29, 1.82) is 0 Å². The Balaban J connectivity index is 3.56. The summed E-state index contributed by atoms with van der Waals surface area (Å²) in [5, 5.41) is 0. The highest BCUT2D eigenvalue weighted by atomic mass is 16.7. The van der Waals surface area contributed by atoms with Crippen molar-refractivity contribution < 1.29 is 14.3 Å². The van der Waals surface area contributed by atoms with Crippen LogP contribution in [0.15, 0.2) is 12.2 Å². The van der Waals surface area contributed by atoms with Gasteiger partial charge in [0.05, 0.1) is 0 Å². The van der Waals surface area contributed by atoms with Crippen molar-refractivity contribution in [2.75, 3.05) is 7.11 Å². The molecule has 0 aliphatic rings. The van der Waals surface area contributed by atoms with Gasteiger partial charge in [0.15, 0.2) is 0 Å². The fourth-order valence-electron chi connectivity index (χ4n) is 1.71. The molecule has 0 aromatic heterocycles. The van der Waals surface area contributed by atoms with Gasteiger partial charge in [0, 0.05) is 19.1 Å². The Morgan fingerprint density at radius 1 is 1.11 bits per heavy atom. The molecule has 18 heavy (non-hydrogen) atoms. The Bertz CT molecular complexity index is 236. The summed E-state index contributed by atoms with van der Waals surface area (Å²) in [6.45, 7) is 7.41. The van der Waals surface area contributed by atoms with Gasteiger partial charge in [0.1, 0.15) is 0 Å². The van der Waals surface area contributed by atoms with Gasteiger partial charge >= 0.3 is 5.97 Å². The van der Waals surface area contributed by atoms with E-state index in [9.17, 15) is 4.79 Å². The quantitative estimate of drug-likeness (QED) is 0.240. The zero-order chi connectivity index (χ0) is 13.8. The highest BCUT2D eigenvalue weighted by Crippen LogP contribution is 2.12. The summed E-state index contributed by atoms with van der Waals surface area (Å²) in [6, 6.07) is 0. The maximum absolute atomic E-state index is 11.3. The van der Waals surface area contributed by atoms with Crippen molar-refractivity contribution in [3.8, 4) is 0 Å². The van der Waals surface area contributed by atoms with Gasteiger partial charge in [-0.1, -0.05) is 52.0 Å². The van der Waals surface area contributed by atoms with Gasteiger partial charge < -0.3 is 9.47 Å². The Hall–Kier alpha value is -0.830. The summed E-state index contributed by atoms with van der Waals surface area (Å²) in [7, 11) is 1.57. The monoisotopic (exact) mass is 256 g/mol. The zero-order valence-electron chi connectivity index (χ0n) is 12.2. The third-order valence-electron chi connectivity index (χ3n) is 2.89.